The third-order valence-electron chi connectivity index (χ3n) is 2.94. The minimum absolute atomic E-state index is 0.644. The summed E-state index contributed by atoms with van der Waals surface area (Å²) < 4.78 is 0. The van der Waals surface area contributed by atoms with Crippen LogP contribution in [0.3, 0.4) is 0 Å². The van der Waals surface area contributed by atoms with Gasteiger partial charge in [-0.1, -0.05) is 23.7 Å². The van der Waals surface area contributed by atoms with Gasteiger partial charge in [0.05, 0.1) is 5.41 Å². The molecule has 0 heterocycles. The molecule has 0 bridgehead atoms. The van der Waals surface area contributed by atoms with Gasteiger partial charge in [0, 0.05) is 5.02 Å². The van der Waals surface area contributed by atoms with E-state index in [9.17, 15) is 4.79 Å². The number of aliphatic carboxylic acids is 1. The molecule has 14 heavy (non-hydrogen) atoms. The summed E-state index contributed by atoms with van der Waals surface area (Å²) in [5.41, 5.74) is 1.13. The molecule has 1 N–H and O–H groups in total. The number of hydrogen-bond donors (Lipinski definition) is 1. The molecule has 0 unspecified atom stereocenters. The third-order valence-corrected chi connectivity index (χ3v) is 3.35. The van der Waals surface area contributed by atoms with E-state index in [4.69, 9.17) is 16.7 Å². The van der Waals surface area contributed by atoms with E-state index in [1.165, 1.54) is 0 Å². The molecule has 2 nitrogen and oxygen atoms in total. The summed E-state index contributed by atoms with van der Waals surface area (Å²) in [6, 6.07) is 5.47. The van der Waals surface area contributed by atoms with Gasteiger partial charge in [-0.2, -0.15) is 0 Å². The zero-order valence-electron chi connectivity index (χ0n) is 7.88. The van der Waals surface area contributed by atoms with Crippen LogP contribution in [0.2, 0.25) is 5.02 Å². The fraction of sp³-hybridized carbons (Fsp3) is 0.364. The van der Waals surface area contributed by atoms with E-state index in [0.29, 0.717) is 5.02 Å². The van der Waals surface area contributed by atoms with Crippen molar-refractivity contribution in [2.24, 2.45) is 0 Å². The molecule has 1 aliphatic rings. The van der Waals surface area contributed by atoms with E-state index in [1.807, 2.05) is 19.1 Å². The van der Waals surface area contributed by atoms with Crippen LogP contribution in [0.15, 0.2) is 18.2 Å². The summed E-state index contributed by atoms with van der Waals surface area (Å²) in [6.07, 6.45) is 1.45. The van der Waals surface area contributed by atoms with Crippen molar-refractivity contribution >= 4 is 17.6 Å². The van der Waals surface area contributed by atoms with Crippen LogP contribution >= 0.6 is 11.6 Å². The molecule has 0 aromatic heterocycles. The average molecular weight is 211 g/mol. The lowest BCUT2D eigenvalue weighted by Crippen LogP contribution is -2.20. The van der Waals surface area contributed by atoms with Gasteiger partial charge in [-0.25, -0.2) is 0 Å². The molecule has 0 spiro atoms. The second-order valence-electron chi connectivity index (χ2n) is 3.80. The first-order valence-corrected chi connectivity index (χ1v) is 4.95. The predicted molar refractivity (Wildman–Crippen MR) is 54.7 cm³/mol. The van der Waals surface area contributed by atoms with E-state index in [1.54, 1.807) is 6.07 Å². The molecular weight excluding hydrogens is 200 g/mol. The summed E-state index contributed by atoms with van der Waals surface area (Å²) in [6.45, 7) is 1.88. The fourth-order valence-electron chi connectivity index (χ4n) is 1.85. The van der Waals surface area contributed by atoms with Gasteiger partial charge in [0.1, 0.15) is 0 Å². The number of rotatable bonds is 2. The van der Waals surface area contributed by atoms with E-state index < -0.39 is 11.4 Å². The normalized spacial score (nSPS) is 17.9. The maximum absolute atomic E-state index is 11.1. The molecule has 74 valence electrons. The second kappa shape index (κ2) is 2.99. The molecule has 2 rings (SSSR count). The maximum Gasteiger partial charge on any atom is 0.314 e. The van der Waals surface area contributed by atoms with Crippen LogP contribution in [0.5, 0.6) is 0 Å². The Morgan fingerprint density at radius 2 is 2.14 bits per heavy atom. The first kappa shape index (κ1) is 9.53. The van der Waals surface area contributed by atoms with Crippen molar-refractivity contribution in [3.05, 3.63) is 34.3 Å². The topological polar surface area (TPSA) is 37.3 Å². The molecular formula is C11H11ClO2. The highest BCUT2D eigenvalue weighted by molar-refractivity contribution is 6.31. The van der Waals surface area contributed by atoms with Gasteiger partial charge in [0.25, 0.3) is 0 Å². The first-order chi connectivity index (χ1) is 6.58. The number of carboxylic acid groups (broad SMARTS) is 1. The van der Waals surface area contributed by atoms with E-state index in [2.05, 4.69) is 0 Å². The summed E-state index contributed by atoms with van der Waals surface area (Å²) in [7, 11) is 0. The fourth-order valence-corrected chi connectivity index (χ4v) is 2.02. The molecule has 1 aromatic carbocycles. The average Bonchev–Trinajstić information content (AvgIpc) is 2.90. The first-order valence-electron chi connectivity index (χ1n) is 4.57. The van der Waals surface area contributed by atoms with Gasteiger partial charge in [0.2, 0.25) is 0 Å². The van der Waals surface area contributed by atoms with Gasteiger partial charge in [-0.15, -0.1) is 0 Å². The van der Waals surface area contributed by atoms with Gasteiger partial charge in [0.15, 0.2) is 0 Å². The summed E-state index contributed by atoms with van der Waals surface area (Å²) in [5, 5.41) is 9.78. The second-order valence-corrected chi connectivity index (χ2v) is 4.21. The number of hydrogen-bond acceptors (Lipinski definition) is 1. The summed E-state index contributed by atoms with van der Waals surface area (Å²) in [4.78, 5) is 11.1. The lowest BCUT2D eigenvalue weighted by atomic mass is 9.92. The minimum atomic E-state index is -0.733. The number of benzene rings is 1. The van der Waals surface area contributed by atoms with E-state index in [0.717, 1.165) is 24.0 Å². The van der Waals surface area contributed by atoms with Crippen molar-refractivity contribution in [1.29, 1.82) is 0 Å². The van der Waals surface area contributed by atoms with Crippen LogP contribution < -0.4 is 0 Å². The Balaban J connectivity index is 2.52. The third kappa shape index (κ3) is 1.22. The number of halogens is 1. The van der Waals surface area contributed by atoms with Crippen LogP contribution in [-0.4, -0.2) is 11.1 Å². The highest BCUT2D eigenvalue weighted by Crippen LogP contribution is 2.50. The number of carbonyl (C=O) groups is 1. The molecule has 0 amide bonds. The van der Waals surface area contributed by atoms with Crippen LogP contribution in [-0.2, 0) is 10.2 Å². The molecule has 0 radical (unpaired) electrons. The Hall–Kier alpha value is -1.02. The van der Waals surface area contributed by atoms with E-state index in [-0.39, 0.29) is 0 Å². The van der Waals surface area contributed by atoms with Crippen molar-refractivity contribution in [1.82, 2.24) is 0 Å². The molecule has 1 aliphatic carbocycles. The predicted octanol–water partition coefficient (Wildman–Crippen LogP) is 2.76. The molecule has 0 saturated heterocycles. The maximum atomic E-state index is 11.1. The van der Waals surface area contributed by atoms with Gasteiger partial charge in [-0.3, -0.25) is 4.79 Å². The Morgan fingerprint density at radius 1 is 1.50 bits per heavy atom. The molecule has 1 fully saturated rings. The Kier molecular flexibility index (Phi) is 2.04. The Morgan fingerprint density at radius 3 is 2.64 bits per heavy atom. The van der Waals surface area contributed by atoms with Crippen LogP contribution in [0, 0.1) is 6.92 Å². The zero-order chi connectivity index (χ0) is 10.3. The van der Waals surface area contributed by atoms with Gasteiger partial charge < -0.3 is 5.11 Å². The smallest absolute Gasteiger partial charge is 0.314 e. The summed E-state index contributed by atoms with van der Waals surface area (Å²) in [5.74, 6) is -0.733. The quantitative estimate of drug-likeness (QED) is 0.815. The van der Waals surface area contributed by atoms with Crippen molar-refractivity contribution in [3.63, 3.8) is 0 Å². The minimum Gasteiger partial charge on any atom is -0.481 e. The monoisotopic (exact) mass is 210 g/mol. The van der Waals surface area contributed by atoms with Crippen molar-refractivity contribution in [2.75, 3.05) is 0 Å². The highest BCUT2D eigenvalue weighted by Gasteiger charge is 2.52. The molecule has 0 aliphatic heterocycles. The van der Waals surface area contributed by atoms with Crippen molar-refractivity contribution in [2.45, 2.75) is 25.2 Å². The SMILES string of the molecule is Cc1c(Cl)cccc1C1(C(=O)O)CC1. The van der Waals surface area contributed by atoms with E-state index >= 15 is 0 Å². The number of carboxylic acids is 1. The van der Waals surface area contributed by atoms with Crippen molar-refractivity contribution < 1.29 is 9.90 Å². The summed E-state index contributed by atoms with van der Waals surface area (Å²) >= 11 is 5.96. The lowest BCUT2D eigenvalue weighted by molar-refractivity contribution is -0.140. The lowest BCUT2D eigenvalue weighted by Gasteiger charge is -2.13. The van der Waals surface area contributed by atoms with Crippen LogP contribution in [0.1, 0.15) is 24.0 Å². The zero-order valence-corrected chi connectivity index (χ0v) is 8.64. The van der Waals surface area contributed by atoms with Crippen LogP contribution in [0.25, 0.3) is 0 Å². The largest absolute Gasteiger partial charge is 0.481 e. The Bertz CT molecular complexity index is 394. The van der Waals surface area contributed by atoms with Gasteiger partial charge >= 0.3 is 5.97 Å². The molecule has 1 saturated carbocycles. The highest BCUT2D eigenvalue weighted by atomic mass is 35.5. The molecule has 0 atom stereocenters. The Labute approximate surface area is 87.5 Å². The van der Waals surface area contributed by atoms with Crippen LogP contribution in [0.4, 0.5) is 0 Å². The van der Waals surface area contributed by atoms with Gasteiger partial charge in [-0.05, 0) is 37.0 Å². The standard InChI is InChI=1S/C11H11ClO2/c1-7-8(3-2-4-9(7)12)11(5-6-11)10(13)14/h2-4H,5-6H2,1H3,(H,13,14). The molecule has 1 aromatic rings. The molecule has 3 heteroatoms. The van der Waals surface area contributed by atoms with Crippen molar-refractivity contribution in [3.8, 4) is 0 Å².